The van der Waals surface area contributed by atoms with Crippen molar-refractivity contribution in [3.63, 3.8) is 0 Å². The average molecular weight is 299 g/mol. The van der Waals surface area contributed by atoms with Crippen LogP contribution in [-0.4, -0.2) is 41.8 Å². The minimum absolute atomic E-state index is 0.0852. The summed E-state index contributed by atoms with van der Waals surface area (Å²) in [6.07, 6.45) is 0.804. The summed E-state index contributed by atoms with van der Waals surface area (Å²) in [6.45, 7) is 2.73. The third-order valence-electron chi connectivity index (χ3n) is 3.33. The zero-order valence-corrected chi connectivity index (χ0v) is 12.0. The number of aliphatic carboxylic acids is 1. The number of ether oxygens (including phenoxy) is 1. The van der Waals surface area contributed by atoms with Crippen LogP contribution in [0.4, 0.5) is 9.93 Å². The first-order valence-corrected chi connectivity index (χ1v) is 7.18. The number of anilines is 1. The van der Waals surface area contributed by atoms with Crippen molar-refractivity contribution in [1.82, 2.24) is 10.3 Å². The molecule has 1 aliphatic heterocycles. The number of thiazole rings is 1. The van der Waals surface area contributed by atoms with Crippen LogP contribution in [-0.2, 0) is 9.53 Å². The van der Waals surface area contributed by atoms with Gasteiger partial charge in [0.15, 0.2) is 5.13 Å². The molecular formula is C12H17N3O4S. The molecule has 0 bridgehead atoms. The van der Waals surface area contributed by atoms with Gasteiger partial charge < -0.3 is 15.2 Å². The Hall–Kier alpha value is -1.67. The molecule has 1 saturated heterocycles. The number of carboxylic acid groups (broad SMARTS) is 1. The highest BCUT2D eigenvalue weighted by Gasteiger charge is 2.40. The van der Waals surface area contributed by atoms with Crippen LogP contribution in [0.15, 0.2) is 5.38 Å². The molecule has 1 aromatic rings. The summed E-state index contributed by atoms with van der Waals surface area (Å²) >= 11 is 1.33. The molecule has 2 rings (SSSR count). The van der Waals surface area contributed by atoms with Gasteiger partial charge in [0.2, 0.25) is 0 Å². The van der Waals surface area contributed by atoms with Gasteiger partial charge in [0.25, 0.3) is 0 Å². The lowest BCUT2D eigenvalue weighted by Crippen LogP contribution is -2.47. The van der Waals surface area contributed by atoms with E-state index in [0.29, 0.717) is 31.2 Å². The molecule has 0 spiro atoms. The van der Waals surface area contributed by atoms with Gasteiger partial charge in [-0.1, -0.05) is 0 Å². The number of urea groups is 1. The standard InChI is InChI=1S/C12H17N3O4S/c1-8-6-20-11(14-8)15-10(18)13-7-12(9(16)17)2-4-19-5-3-12/h6H,2-5,7H2,1H3,(H,16,17)(H2,13,14,15,18). The smallest absolute Gasteiger partial charge is 0.321 e. The number of nitrogens with one attached hydrogen (secondary N) is 2. The number of carbonyl (C=O) groups excluding carboxylic acids is 1. The maximum atomic E-state index is 11.7. The molecule has 20 heavy (non-hydrogen) atoms. The van der Waals surface area contributed by atoms with Gasteiger partial charge in [-0.3, -0.25) is 10.1 Å². The van der Waals surface area contributed by atoms with E-state index in [1.54, 1.807) is 0 Å². The number of aromatic nitrogens is 1. The lowest BCUT2D eigenvalue weighted by Gasteiger charge is -2.33. The van der Waals surface area contributed by atoms with Crippen molar-refractivity contribution in [3.05, 3.63) is 11.1 Å². The largest absolute Gasteiger partial charge is 0.481 e. The highest BCUT2D eigenvalue weighted by atomic mass is 32.1. The Morgan fingerprint density at radius 1 is 1.50 bits per heavy atom. The molecule has 0 aromatic carbocycles. The van der Waals surface area contributed by atoms with E-state index in [1.165, 1.54) is 11.3 Å². The number of hydrogen-bond acceptors (Lipinski definition) is 5. The Bertz CT molecular complexity index is 497. The molecule has 3 N–H and O–H groups in total. The summed E-state index contributed by atoms with van der Waals surface area (Å²) < 4.78 is 5.18. The summed E-state index contributed by atoms with van der Waals surface area (Å²) in [5, 5.41) is 16.9. The molecule has 8 heteroatoms. The van der Waals surface area contributed by atoms with Crippen LogP contribution in [0, 0.1) is 12.3 Å². The Morgan fingerprint density at radius 3 is 2.75 bits per heavy atom. The minimum Gasteiger partial charge on any atom is -0.481 e. The molecule has 1 fully saturated rings. The number of aryl methyl sites for hydroxylation is 1. The van der Waals surface area contributed by atoms with Gasteiger partial charge >= 0.3 is 12.0 Å². The number of carbonyl (C=O) groups is 2. The molecular weight excluding hydrogens is 282 g/mol. The van der Waals surface area contributed by atoms with E-state index in [9.17, 15) is 14.7 Å². The summed E-state index contributed by atoms with van der Waals surface area (Å²) in [7, 11) is 0. The van der Waals surface area contributed by atoms with Crippen molar-refractivity contribution in [3.8, 4) is 0 Å². The number of nitrogens with zero attached hydrogens (tertiary/aromatic N) is 1. The predicted octanol–water partition coefficient (Wildman–Crippen LogP) is 1.45. The third kappa shape index (κ3) is 3.45. The zero-order valence-electron chi connectivity index (χ0n) is 11.1. The highest BCUT2D eigenvalue weighted by molar-refractivity contribution is 7.13. The van der Waals surface area contributed by atoms with Crippen LogP contribution in [0.3, 0.4) is 0 Å². The van der Waals surface area contributed by atoms with E-state index in [4.69, 9.17) is 4.74 Å². The maximum Gasteiger partial charge on any atom is 0.321 e. The highest BCUT2D eigenvalue weighted by Crippen LogP contribution is 2.30. The molecule has 0 radical (unpaired) electrons. The Labute approximate surface area is 120 Å². The van der Waals surface area contributed by atoms with Crippen molar-refractivity contribution in [1.29, 1.82) is 0 Å². The normalized spacial score (nSPS) is 17.4. The van der Waals surface area contributed by atoms with Gasteiger partial charge in [-0.25, -0.2) is 9.78 Å². The molecule has 2 heterocycles. The first-order chi connectivity index (χ1) is 9.52. The van der Waals surface area contributed by atoms with E-state index in [1.807, 2.05) is 12.3 Å². The first kappa shape index (κ1) is 14.7. The van der Waals surface area contributed by atoms with E-state index in [2.05, 4.69) is 15.6 Å². The zero-order chi connectivity index (χ0) is 14.6. The van der Waals surface area contributed by atoms with Crippen LogP contribution >= 0.6 is 11.3 Å². The molecule has 2 amide bonds. The van der Waals surface area contributed by atoms with Gasteiger partial charge in [-0.05, 0) is 19.8 Å². The topological polar surface area (TPSA) is 101 Å². The predicted molar refractivity (Wildman–Crippen MR) is 74.0 cm³/mol. The second-order valence-corrected chi connectivity index (χ2v) is 5.66. The molecule has 110 valence electrons. The third-order valence-corrected chi connectivity index (χ3v) is 4.21. The Kier molecular flexibility index (Phi) is 4.56. The maximum absolute atomic E-state index is 11.7. The fraction of sp³-hybridized carbons (Fsp3) is 0.583. The second kappa shape index (κ2) is 6.19. The fourth-order valence-electron chi connectivity index (χ4n) is 2.03. The van der Waals surface area contributed by atoms with Crippen molar-refractivity contribution in [2.45, 2.75) is 19.8 Å². The minimum atomic E-state index is -0.936. The monoisotopic (exact) mass is 299 g/mol. The van der Waals surface area contributed by atoms with Crippen LogP contribution in [0.2, 0.25) is 0 Å². The summed E-state index contributed by atoms with van der Waals surface area (Å²) in [6, 6.07) is -0.438. The molecule has 0 saturated carbocycles. The Balaban J connectivity index is 1.89. The lowest BCUT2D eigenvalue weighted by molar-refractivity contribution is -0.154. The molecule has 1 aliphatic rings. The number of rotatable bonds is 4. The molecule has 0 atom stereocenters. The number of amides is 2. The number of carboxylic acids is 1. The van der Waals surface area contributed by atoms with Crippen molar-refractivity contribution in [2.24, 2.45) is 5.41 Å². The average Bonchev–Trinajstić information content (AvgIpc) is 2.83. The van der Waals surface area contributed by atoms with Crippen molar-refractivity contribution < 1.29 is 19.4 Å². The van der Waals surface area contributed by atoms with Crippen LogP contribution in [0.1, 0.15) is 18.5 Å². The lowest BCUT2D eigenvalue weighted by atomic mass is 9.80. The van der Waals surface area contributed by atoms with Gasteiger partial charge in [0, 0.05) is 25.1 Å². The SMILES string of the molecule is Cc1csc(NC(=O)NCC2(C(=O)O)CCOCC2)n1. The first-order valence-electron chi connectivity index (χ1n) is 6.30. The quantitative estimate of drug-likeness (QED) is 0.781. The molecule has 1 aromatic heterocycles. The van der Waals surface area contributed by atoms with Gasteiger partial charge in [-0.15, -0.1) is 11.3 Å². The van der Waals surface area contributed by atoms with Crippen molar-refractivity contribution in [2.75, 3.05) is 25.1 Å². The summed E-state index contributed by atoms with van der Waals surface area (Å²) in [4.78, 5) is 27.3. The van der Waals surface area contributed by atoms with E-state index < -0.39 is 17.4 Å². The molecule has 0 unspecified atom stereocenters. The van der Waals surface area contributed by atoms with E-state index in [0.717, 1.165) is 5.69 Å². The second-order valence-electron chi connectivity index (χ2n) is 4.80. The van der Waals surface area contributed by atoms with Gasteiger partial charge in [0.05, 0.1) is 11.1 Å². The molecule has 7 nitrogen and oxygen atoms in total. The summed E-state index contributed by atoms with van der Waals surface area (Å²) in [5.41, 5.74) is -0.106. The van der Waals surface area contributed by atoms with Gasteiger partial charge in [-0.2, -0.15) is 0 Å². The van der Waals surface area contributed by atoms with Crippen LogP contribution in [0.5, 0.6) is 0 Å². The van der Waals surface area contributed by atoms with Gasteiger partial charge in [0.1, 0.15) is 0 Å². The van der Waals surface area contributed by atoms with Crippen molar-refractivity contribution >= 4 is 28.5 Å². The van der Waals surface area contributed by atoms with E-state index >= 15 is 0 Å². The van der Waals surface area contributed by atoms with Crippen LogP contribution in [0.25, 0.3) is 0 Å². The summed E-state index contributed by atoms with van der Waals surface area (Å²) in [5.74, 6) is -0.897. The van der Waals surface area contributed by atoms with Crippen LogP contribution < -0.4 is 10.6 Å². The fourth-order valence-corrected chi connectivity index (χ4v) is 2.71. The number of hydrogen-bond donors (Lipinski definition) is 3. The Morgan fingerprint density at radius 2 is 2.20 bits per heavy atom. The molecule has 0 aliphatic carbocycles. The van der Waals surface area contributed by atoms with E-state index in [-0.39, 0.29) is 6.54 Å².